The summed E-state index contributed by atoms with van der Waals surface area (Å²) in [5.41, 5.74) is -0.432. The van der Waals surface area contributed by atoms with Gasteiger partial charge in [-0.05, 0) is 91.5 Å². The van der Waals surface area contributed by atoms with Crippen molar-refractivity contribution >= 4 is 16.0 Å². The van der Waals surface area contributed by atoms with Crippen molar-refractivity contribution in [2.24, 2.45) is 5.92 Å². The van der Waals surface area contributed by atoms with Gasteiger partial charge in [0.25, 0.3) is 0 Å². The molecule has 2 aromatic rings. The van der Waals surface area contributed by atoms with Crippen LogP contribution >= 0.6 is 0 Å². The van der Waals surface area contributed by atoms with Crippen LogP contribution in [-0.4, -0.2) is 37.8 Å². The van der Waals surface area contributed by atoms with E-state index in [2.05, 4.69) is 29.3 Å². The third-order valence-corrected chi connectivity index (χ3v) is 9.02. The lowest BCUT2D eigenvalue weighted by Crippen LogP contribution is -2.38. The molecule has 1 amide bonds. The predicted molar refractivity (Wildman–Crippen MR) is 134 cm³/mol. The van der Waals surface area contributed by atoms with Gasteiger partial charge < -0.3 is 9.08 Å². The van der Waals surface area contributed by atoms with E-state index in [0.29, 0.717) is 30.2 Å². The van der Waals surface area contributed by atoms with Gasteiger partial charge in [0.15, 0.2) is 0 Å². The fraction of sp³-hybridized carbons (Fsp3) is 0.536. The van der Waals surface area contributed by atoms with Gasteiger partial charge >= 0.3 is 15.6 Å². The largest absolute Gasteiger partial charge is 0.534 e. The molecule has 5 nitrogen and oxygen atoms in total. The highest BCUT2D eigenvalue weighted by atomic mass is 32.2. The number of alkyl halides is 3. The van der Waals surface area contributed by atoms with Crippen molar-refractivity contribution in [1.29, 1.82) is 0 Å². The van der Waals surface area contributed by atoms with Gasteiger partial charge in [-0.25, -0.2) is 0 Å². The molecule has 0 N–H and O–H groups in total. The molecule has 0 radical (unpaired) electrons. The number of likely N-dealkylation sites (tertiary alicyclic amines) is 1. The highest BCUT2D eigenvalue weighted by Crippen LogP contribution is 2.43. The van der Waals surface area contributed by atoms with E-state index in [0.717, 1.165) is 62.7 Å². The lowest BCUT2D eigenvalue weighted by molar-refractivity contribution is -0.133. The fourth-order valence-corrected chi connectivity index (χ4v) is 6.44. The highest BCUT2D eigenvalue weighted by Gasteiger charge is 2.49. The molecule has 1 saturated heterocycles. The Labute approximate surface area is 216 Å². The SMILES string of the molecule is CCc1cc(CC2CCc3cccc(OS(=O)(=O)C(F)(F)F)c32)ccc1C1CCN(C(=O)C2CC2)CC1. The van der Waals surface area contributed by atoms with E-state index < -0.39 is 15.6 Å². The Hall–Kier alpha value is -2.55. The van der Waals surface area contributed by atoms with Gasteiger partial charge in [-0.1, -0.05) is 37.3 Å². The van der Waals surface area contributed by atoms with E-state index in [1.54, 1.807) is 0 Å². The summed E-state index contributed by atoms with van der Waals surface area (Å²) in [6, 6.07) is 11.1. The molecule has 1 atom stereocenters. The normalized spacial score (nSPS) is 20.6. The third-order valence-electron chi connectivity index (χ3n) is 8.05. The Kier molecular flexibility index (Phi) is 7.02. The maximum absolute atomic E-state index is 13.0. The van der Waals surface area contributed by atoms with Crippen molar-refractivity contribution in [3.8, 4) is 5.75 Å². The molecule has 2 aromatic carbocycles. The lowest BCUT2D eigenvalue weighted by atomic mass is 9.83. The van der Waals surface area contributed by atoms with Crippen LogP contribution in [0.5, 0.6) is 5.75 Å². The number of rotatable bonds is 7. The van der Waals surface area contributed by atoms with Crippen molar-refractivity contribution in [3.63, 3.8) is 0 Å². The average Bonchev–Trinajstić information content (AvgIpc) is 3.64. The number of amides is 1. The van der Waals surface area contributed by atoms with Crippen LogP contribution in [0.25, 0.3) is 0 Å². The first-order valence-electron chi connectivity index (χ1n) is 13.1. The molecule has 1 heterocycles. The number of hydrogen-bond donors (Lipinski definition) is 0. The van der Waals surface area contributed by atoms with Crippen molar-refractivity contribution in [1.82, 2.24) is 4.90 Å². The highest BCUT2D eigenvalue weighted by molar-refractivity contribution is 7.88. The van der Waals surface area contributed by atoms with Crippen molar-refractivity contribution in [3.05, 3.63) is 64.2 Å². The summed E-state index contributed by atoms with van der Waals surface area (Å²) >= 11 is 0. The number of hydrogen-bond acceptors (Lipinski definition) is 4. The third kappa shape index (κ3) is 5.38. The number of benzene rings is 2. The number of aryl methyl sites for hydroxylation is 2. The first-order valence-corrected chi connectivity index (χ1v) is 14.5. The summed E-state index contributed by atoms with van der Waals surface area (Å²) in [6.45, 7) is 3.72. The van der Waals surface area contributed by atoms with Gasteiger partial charge in [0.05, 0.1) is 0 Å². The zero-order chi connectivity index (χ0) is 26.4. The van der Waals surface area contributed by atoms with Gasteiger partial charge in [0, 0.05) is 24.6 Å². The number of nitrogens with zero attached hydrogens (tertiary/aromatic N) is 1. The van der Waals surface area contributed by atoms with Gasteiger partial charge in [-0.3, -0.25) is 4.79 Å². The molecule has 5 rings (SSSR count). The van der Waals surface area contributed by atoms with Crippen molar-refractivity contribution in [2.75, 3.05) is 13.1 Å². The maximum Gasteiger partial charge on any atom is 0.534 e. The van der Waals surface area contributed by atoms with E-state index >= 15 is 0 Å². The molecule has 1 aliphatic heterocycles. The van der Waals surface area contributed by atoms with Crippen LogP contribution in [0.15, 0.2) is 36.4 Å². The summed E-state index contributed by atoms with van der Waals surface area (Å²) in [5, 5.41) is 0. The molecule has 2 fully saturated rings. The first-order chi connectivity index (χ1) is 17.6. The van der Waals surface area contributed by atoms with Crippen LogP contribution in [0.1, 0.15) is 78.7 Å². The Balaban J connectivity index is 1.31. The van der Waals surface area contributed by atoms with Crippen molar-refractivity contribution < 1.29 is 30.6 Å². The molecule has 37 heavy (non-hydrogen) atoms. The summed E-state index contributed by atoms with van der Waals surface area (Å²) in [6.07, 6.45) is 6.81. The monoisotopic (exact) mass is 535 g/mol. The summed E-state index contributed by atoms with van der Waals surface area (Å²) in [4.78, 5) is 14.4. The van der Waals surface area contributed by atoms with Crippen LogP contribution in [-0.2, 0) is 34.2 Å². The van der Waals surface area contributed by atoms with E-state index in [1.807, 2.05) is 11.0 Å². The standard InChI is InChI=1S/C28H32F3NO4S/c1-2-19-16-18(6-11-24(19)20-12-14-32(15-13-20)27(33)22-8-9-22)17-23-10-7-21-4-3-5-25(26(21)23)36-37(34,35)28(29,30)31/h3-6,11,16,20,22-23H,2,7-10,12-15,17H2,1H3. The predicted octanol–water partition coefficient (Wildman–Crippen LogP) is 5.87. The molecular weight excluding hydrogens is 503 g/mol. The number of halogens is 3. The van der Waals surface area contributed by atoms with Gasteiger partial charge in [-0.15, -0.1) is 0 Å². The number of carbonyl (C=O) groups is 1. The van der Waals surface area contributed by atoms with Gasteiger partial charge in [0.1, 0.15) is 5.75 Å². The smallest absolute Gasteiger partial charge is 0.376 e. The number of carbonyl (C=O) groups excluding carboxylic acids is 1. The fourth-order valence-electron chi connectivity index (χ4n) is 5.96. The average molecular weight is 536 g/mol. The minimum absolute atomic E-state index is 0.123. The molecule has 0 aromatic heterocycles. The quantitative estimate of drug-likeness (QED) is 0.329. The van der Waals surface area contributed by atoms with Crippen LogP contribution in [0.3, 0.4) is 0 Å². The molecule has 1 unspecified atom stereocenters. The molecule has 1 saturated carbocycles. The Bertz CT molecular complexity index is 1280. The zero-order valence-corrected chi connectivity index (χ0v) is 21.7. The van der Waals surface area contributed by atoms with E-state index in [1.165, 1.54) is 23.3 Å². The zero-order valence-electron chi connectivity index (χ0n) is 20.9. The Morgan fingerprint density at radius 2 is 1.78 bits per heavy atom. The van der Waals surface area contributed by atoms with Crippen LogP contribution < -0.4 is 4.18 Å². The number of piperidine rings is 1. The summed E-state index contributed by atoms with van der Waals surface area (Å²) in [7, 11) is -5.73. The van der Waals surface area contributed by atoms with Crippen LogP contribution in [0, 0.1) is 5.92 Å². The van der Waals surface area contributed by atoms with E-state index in [4.69, 9.17) is 0 Å². The molecule has 0 bridgehead atoms. The van der Waals surface area contributed by atoms with Crippen molar-refractivity contribution in [2.45, 2.75) is 75.6 Å². The van der Waals surface area contributed by atoms with Crippen LogP contribution in [0.4, 0.5) is 13.2 Å². The molecule has 3 aliphatic rings. The second-order valence-corrected chi connectivity index (χ2v) is 12.1. The lowest BCUT2D eigenvalue weighted by Gasteiger charge is -2.33. The topological polar surface area (TPSA) is 63.7 Å². The minimum atomic E-state index is -5.73. The van der Waals surface area contributed by atoms with E-state index in [9.17, 15) is 26.4 Å². The molecule has 2 aliphatic carbocycles. The first kappa shape index (κ1) is 26.1. The maximum atomic E-state index is 13.0. The summed E-state index contributed by atoms with van der Waals surface area (Å²) < 4.78 is 66.8. The van der Waals surface area contributed by atoms with Gasteiger partial charge in [-0.2, -0.15) is 21.6 Å². The van der Waals surface area contributed by atoms with Crippen LogP contribution in [0.2, 0.25) is 0 Å². The van der Waals surface area contributed by atoms with E-state index in [-0.39, 0.29) is 17.6 Å². The minimum Gasteiger partial charge on any atom is -0.376 e. The Morgan fingerprint density at radius 3 is 2.43 bits per heavy atom. The molecule has 0 spiro atoms. The second-order valence-electron chi connectivity index (χ2n) is 10.5. The number of fused-ring (bicyclic) bond motifs is 1. The Morgan fingerprint density at radius 1 is 1.05 bits per heavy atom. The second kappa shape index (κ2) is 9.97. The molecular formula is C28H32F3NO4S. The molecule has 200 valence electrons. The molecule has 9 heteroatoms. The van der Waals surface area contributed by atoms with Gasteiger partial charge in [0.2, 0.25) is 5.91 Å². The summed E-state index contributed by atoms with van der Waals surface area (Å²) in [5.74, 6) is 0.626.